The fourth-order valence-corrected chi connectivity index (χ4v) is 2.75. The maximum atomic E-state index is 10.9. The van der Waals surface area contributed by atoms with Crippen molar-refractivity contribution in [1.29, 1.82) is 0 Å². The molecule has 2 rings (SSSR count). The highest BCUT2D eigenvalue weighted by Crippen LogP contribution is 2.40. The molecule has 0 aromatic heterocycles. The maximum absolute atomic E-state index is 10.9. The number of hydrogen-bond acceptors (Lipinski definition) is 2. The van der Waals surface area contributed by atoms with Crippen molar-refractivity contribution >= 4 is 5.97 Å². The van der Waals surface area contributed by atoms with Gasteiger partial charge >= 0.3 is 5.97 Å². The van der Waals surface area contributed by atoms with E-state index in [9.17, 15) is 4.79 Å². The monoisotopic (exact) mass is 212 g/mol. The minimum atomic E-state index is -0.797. The fraction of sp³-hybridized carbons (Fsp3) is 0.917. The third-order valence-corrected chi connectivity index (χ3v) is 3.82. The molecule has 0 aromatic rings. The molecule has 3 heteroatoms. The topological polar surface area (TPSA) is 46.5 Å². The highest BCUT2D eigenvalue weighted by Gasteiger charge is 2.38. The van der Waals surface area contributed by atoms with E-state index >= 15 is 0 Å². The summed E-state index contributed by atoms with van der Waals surface area (Å²) in [7, 11) is 0. The molecule has 1 saturated heterocycles. The SMILES string of the molecule is CC1(CC2CCC2)CCCC(C(=O)O)O1. The predicted octanol–water partition coefficient (Wildman–Crippen LogP) is 2.59. The molecule has 1 saturated carbocycles. The van der Waals surface area contributed by atoms with Crippen molar-refractivity contribution in [3.05, 3.63) is 0 Å². The zero-order chi connectivity index (χ0) is 10.9. The summed E-state index contributed by atoms with van der Waals surface area (Å²) in [4.78, 5) is 10.9. The Kier molecular flexibility index (Phi) is 3.01. The van der Waals surface area contributed by atoms with Gasteiger partial charge in [-0.25, -0.2) is 4.79 Å². The minimum absolute atomic E-state index is 0.174. The lowest BCUT2D eigenvalue weighted by Crippen LogP contribution is -2.43. The van der Waals surface area contributed by atoms with Crippen LogP contribution in [0.2, 0.25) is 0 Å². The Morgan fingerprint density at radius 2 is 2.13 bits per heavy atom. The summed E-state index contributed by atoms with van der Waals surface area (Å²) in [6.07, 6.45) is 7.11. The van der Waals surface area contributed by atoms with Gasteiger partial charge in [-0.05, 0) is 38.5 Å². The van der Waals surface area contributed by atoms with Gasteiger partial charge in [-0.1, -0.05) is 19.3 Å². The third kappa shape index (κ3) is 2.51. The van der Waals surface area contributed by atoms with Gasteiger partial charge in [0.1, 0.15) is 0 Å². The highest BCUT2D eigenvalue weighted by molar-refractivity contribution is 5.72. The molecular weight excluding hydrogens is 192 g/mol. The number of rotatable bonds is 3. The van der Waals surface area contributed by atoms with E-state index in [1.165, 1.54) is 19.3 Å². The van der Waals surface area contributed by atoms with Gasteiger partial charge in [-0.3, -0.25) is 0 Å². The van der Waals surface area contributed by atoms with Gasteiger partial charge in [0.05, 0.1) is 5.60 Å². The number of ether oxygens (including phenoxy) is 1. The van der Waals surface area contributed by atoms with Crippen molar-refractivity contribution < 1.29 is 14.6 Å². The van der Waals surface area contributed by atoms with Gasteiger partial charge < -0.3 is 9.84 Å². The van der Waals surface area contributed by atoms with Crippen LogP contribution in [-0.4, -0.2) is 22.8 Å². The third-order valence-electron chi connectivity index (χ3n) is 3.82. The van der Waals surface area contributed by atoms with E-state index in [1.54, 1.807) is 0 Å². The summed E-state index contributed by atoms with van der Waals surface area (Å²) >= 11 is 0. The second-order valence-electron chi connectivity index (χ2n) is 5.29. The van der Waals surface area contributed by atoms with Gasteiger partial charge in [0.25, 0.3) is 0 Å². The molecule has 3 nitrogen and oxygen atoms in total. The van der Waals surface area contributed by atoms with E-state index in [-0.39, 0.29) is 5.60 Å². The summed E-state index contributed by atoms with van der Waals surface area (Å²) in [5, 5.41) is 8.95. The van der Waals surface area contributed by atoms with Crippen LogP contribution in [0.5, 0.6) is 0 Å². The Morgan fingerprint density at radius 3 is 2.67 bits per heavy atom. The van der Waals surface area contributed by atoms with E-state index in [4.69, 9.17) is 9.84 Å². The predicted molar refractivity (Wildman–Crippen MR) is 56.7 cm³/mol. The van der Waals surface area contributed by atoms with Crippen molar-refractivity contribution in [2.24, 2.45) is 5.92 Å². The molecule has 1 N–H and O–H groups in total. The van der Waals surface area contributed by atoms with Crippen molar-refractivity contribution in [1.82, 2.24) is 0 Å². The Labute approximate surface area is 90.8 Å². The van der Waals surface area contributed by atoms with E-state index in [1.807, 2.05) is 0 Å². The Morgan fingerprint density at radius 1 is 1.40 bits per heavy atom. The van der Waals surface area contributed by atoms with Crippen LogP contribution in [0.25, 0.3) is 0 Å². The number of hydrogen-bond donors (Lipinski definition) is 1. The van der Waals surface area contributed by atoms with Gasteiger partial charge in [0, 0.05) is 0 Å². The highest BCUT2D eigenvalue weighted by atomic mass is 16.5. The summed E-state index contributed by atoms with van der Waals surface area (Å²) < 4.78 is 5.74. The Balaban J connectivity index is 1.91. The lowest BCUT2D eigenvalue weighted by Gasteiger charge is -2.41. The zero-order valence-electron chi connectivity index (χ0n) is 9.37. The molecule has 0 bridgehead atoms. The largest absolute Gasteiger partial charge is 0.479 e. The molecule has 1 aliphatic carbocycles. The Hall–Kier alpha value is -0.570. The van der Waals surface area contributed by atoms with Crippen LogP contribution in [0.1, 0.15) is 51.9 Å². The number of carboxylic acids is 1. The standard InChI is InChI=1S/C12H20O3/c1-12(8-9-4-2-5-9)7-3-6-10(15-12)11(13)14/h9-10H,2-8H2,1H3,(H,13,14). The molecule has 86 valence electrons. The van der Waals surface area contributed by atoms with E-state index < -0.39 is 12.1 Å². The average Bonchev–Trinajstić information content (AvgIpc) is 2.12. The second-order valence-corrected chi connectivity index (χ2v) is 5.29. The average molecular weight is 212 g/mol. The molecule has 2 atom stereocenters. The van der Waals surface area contributed by atoms with Crippen LogP contribution in [0, 0.1) is 5.92 Å². The number of carboxylic acid groups (broad SMARTS) is 1. The number of aliphatic carboxylic acids is 1. The summed E-state index contributed by atoms with van der Waals surface area (Å²) in [5.74, 6) is -0.0166. The second kappa shape index (κ2) is 4.12. The van der Waals surface area contributed by atoms with Crippen molar-refractivity contribution in [3.8, 4) is 0 Å². The van der Waals surface area contributed by atoms with Crippen LogP contribution in [0.15, 0.2) is 0 Å². The summed E-state index contributed by atoms with van der Waals surface area (Å²) in [6.45, 7) is 2.08. The fourth-order valence-electron chi connectivity index (χ4n) is 2.75. The number of carbonyl (C=O) groups is 1. The summed E-state index contributed by atoms with van der Waals surface area (Å²) in [6, 6.07) is 0. The van der Waals surface area contributed by atoms with Gasteiger partial charge in [0.2, 0.25) is 0 Å². The molecule has 0 aromatic carbocycles. The molecular formula is C12H20O3. The summed E-state index contributed by atoms with van der Waals surface area (Å²) in [5.41, 5.74) is -0.174. The quantitative estimate of drug-likeness (QED) is 0.782. The lowest BCUT2D eigenvalue weighted by atomic mass is 9.75. The zero-order valence-corrected chi connectivity index (χ0v) is 9.37. The molecule has 2 fully saturated rings. The molecule has 15 heavy (non-hydrogen) atoms. The van der Waals surface area contributed by atoms with Crippen LogP contribution in [0.3, 0.4) is 0 Å². The minimum Gasteiger partial charge on any atom is -0.479 e. The Bertz CT molecular complexity index is 247. The first-order chi connectivity index (χ1) is 7.09. The maximum Gasteiger partial charge on any atom is 0.332 e. The van der Waals surface area contributed by atoms with Crippen LogP contribution in [0.4, 0.5) is 0 Å². The molecule has 2 aliphatic rings. The molecule has 0 radical (unpaired) electrons. The molecule has 2 unspecified atom stereocenters. The smallest absolute Gasteiger partial charge is 0.332 e. The first-order valence-electron chi connectivity index (χ1n) is 6.00. The van der Waals surface area contributed by atoms with Crippen molar-refractivity contribution in [3.63, 3.8) is 0 Å². The molecule has 0 amide bonds. The van der Waals surface area contributed by atoms with Gasteiger partial charge in [-0.2, -0.15) is 0 Å². The van der Waals surface area contributed by atoms with Gasteiger partial charge in [0.15, 0.2) is 6.10 Å². The first-order valence-corrected chi connectivity index (χ1v) is 6.00. The normalized spacial score (nSPS) is 37.3. The lowest BCUT2D eigenvalue weighted by molar-refractivity contribution is -0.176. The van der Waals surface area contributed by atoms with Crippen molar-refractivity contribution in [2.75, 3.05) is 0 Å². The van der Waals surface area contributed by atoms with E-state index in [0.29, 0.717) is 6.42 Å². The first kappa shape index (κ1) is 10.9. The van der Waals surface area contributed by atoms with Crippen LogP contribution in [-0.2, 0) is 9.53 Å². The molecule has 1 heterocycles. The van der Waals surface area contributed by atoms with E-state index in [0.717, 1.165) is 25.2 Å². The van der Waals surface area contributed by atoms with Crippen LogP contribution < -0.4 is 0 Å². The molecule has 0 spiro atoms. The van der Waals surface area contributed by atoms with E-state index in [2.05, 4.69) is 6.92 Å². The van der Waals surface area contributed by atoms with Crippen LogP contribution >= 0.6 is 0 Å². The van der Waals surface area contributed by atoms with Gasteiger partial charge in [-0.15, -0.1) is 0 Å². The van der Waals surface area contributed by atoms with Crippen molar-refractivity contribution in [2.45, 2.75) is 63.6 Å². The molecule has 1 aliphatic heterocycles.